The Kier molecular flexibility index (Phi) is 4.96. The minimum Gasteiger partial charge on any atom is -0.497 e. The SMILES string of the molecule is CCCN1C(=O)[C@H]2CCC(=O)N2c2ccc(C(=O)Nc3cccc(OC)c3)cc21. The quantitative estimate of drug-likeness (QED) is 0.846. The van der Waals surface area contributed by atoms with Gasteiger partial charge in [0, 0.05) is 30.3 Å². The summed E-state index contributed by atoms with van der Waals surface area (Å²) in [5.41, 5.74) is 2.35. The first-order chi connectivity index (χ1) is 14.0. The Morgan fingerprint density at radius 1 is 1.17 bits per heavy atom. The molecule has 1 N–H and O–H groups in total. The number of nitrogens with zero attached hydrogens (tertiary/aromatic N) is 2. The number of anilines is 3. The molecule has 2 aliphatic rings. The number of hydrogen-bond acceptors (Lipinski definition) is 4. The van der Waals surface area contributed by atoms with Crippen molar-refractivity contribution in [2.24, 2.45) is 0 Å². The van der Waals surface area contributed by atoms with Crippen molar-refractivity contribution in [2.45, 2.75) is 32.2 Å². The van der Waals surface area contributed by atoms with Crippen LogP contribution in [-0.2, 0) is 9.59 Å². The van der Waals surface area contributed by atoms with Crippen molar-refractivity contribution in [3.8, 4) is 5.75 Å². The summed E-state index contributed by atoms with van der Waals surface area (Å²) in [5.74, 6) is 0.233. The van der Waals surface area contributed by atoms with E-state index < -0.39 is 6.04 Å². The Bertz CT molecular complexity index is 988. The summed E-state index contributed by atoms with van der Waals surface area (Å²) in [6.07, 6.45) is 1.69. The molecule has 2 aliphatic heterocycles. The second-order valence-corrected chi connectivity index (χ2v) is 7.20. The minimum atomic E-state index is -0.432. The molecule has 3 amide bonds. The number of fused-ring (bicyclic) bond motifs is 3. The fraction of sp³-hybridized carbons (Fsp3) is 0.318. The van der Waals surface area contributed by atoms with Gasteiger partial charge in [-0.15, -0.1) is 0 Å². The average molecular weight is 393 g/mol. The molecule has 0 aliphatic carbocycles. The Morgan fingerprint density at radius 2 is 2.00 bits per heavy atom. The molecule has 0 spiro atoms. The van der Waals surface area contributed by atoms with E-state index in [1.54, 1.807) is 59.4 Å². The average Bonchev–Trinajstić information content (AvgIpc) is 3.12. The number of methoxy groups -OCH3 is 1. The molecule has 7 nitrogen and oxygen atoms in total. The number of rotatable bonds is 5. The minimum absolute atomic E-state index is 0.0469. The normalized spacial score (nSPS) is 17.8. The summed E-state index contributed by atoms with van der Waals surface area (Å²) in [6, 6.07) is 11.8. The molecule has 0 bridgehead atoms. The molecule has 7 heteroatoms. The van der Waals surface area contributed by atoms with E-state index in [-0.39, 0.29) is 17.7 Å². The highest BCUT2D eigenvalue weighted by atomic mass is 16.5. The zero-order chi connectivity index (χ0) is 20.5. The first kappa shape index (κ1) is 19.0. The molecule has 1 atom stereocenters. The van der Waals surface area contributed by atoms with Gasteiger partial charge in [-0.1, -0.05) is 13.0 Å². The van der Waals surface area contributed by atoms with Gasteiger partial charge in [0.1, 0.15) is 11.8 Å². The van der Waals surface area contributed by atoms with Gasteiger partial charge in [0.25, 0.3) is 5.91 Å². The smallest absolute Gasteiger partial charge is 0.255 e. The molecule has 4 rings (SSSR count). The molecular weight excluding hydrogens is 370 g/mol. The molecule has 2 aromatic carbocycles. The highest BCUT2D eigenvalue weighted by Crippen LogP contribution is 2.41. The Labute approximate surface area is 169 Å². The second kappa shape index (κ2) is 7.58. The van der Waals surface area contributed by atoms with Crippen molar-refractivity contribution in [3.05, 3.63) is 48.0 Å². The zero-order valence-electron chi connectivity index (χ0n) is 16.5. The number of carbonyl (C=O) groups is 3. The van der Waals surface area contributed by atoms with Crippen LogP contribution in [0.4, 0.5) is 17.1 Å². The van der Waals surface area contributed by atoms with E-state index in [2.05, 4.69) is 5.32 Å². The number of benzene rings is 2. The highest BCUT2D eigenvalue weighted by molar-refractivity contribution is 6.16. The zero-order valence-corrected chi connectivity index (χ0v) is 16.5. The summed E-state index contributed by atoms with van der Waals surface area (Å²) in [4.78, 5) is 41.4. The van der Waals surface area contributed by atoms with E-state index >= 15 is 0 Å². The third kappa shape index (κ3) is 3.33. The van der Waals surface area contributed by atoms with Crippen molar-refractivity contribution < 1.29 is 19.1 Å². The number of ether oxygens (including phenoxy) is 1. The Hall–Kier alpha value is -3.35. The highest BCUT2D eigenvalue weighted by Gasteiger charge is 2.44. The lowest BCUT2D eigenvalue weighted by atomic mass is 10.0. The number of nitrogens with one attached hydrogen (secondary N) is 1. The fourth-order valence-corrected chi connectivity index (χ4v) is 3.96. The summed E-state index contributed by atoms with van der Waals surface area (Å²) < 4.78 is 5.19. The molecule has 0 unspecified atom stereocenters. The van der Waals surface area contributed by atoms with Crippen LogP contribution < -0.4 is 19.9 Å². The Morgan fingerprint density at radius 3 is 2.76 bits per heavy atom. The van der Waals surface area contributed by atoms with Crippen LogP contribution in [0.3, 0.4) is 0 Å². The summed E-state index contributed by atoms with van der Waals surface area (Å²) in [7, 11) is 1.57. The lowest BCUT2D eigenvalue weighted by Gasteiger charge is -2.38. The van der Waals surface area contributed by atoms with Gasteiger partial charge in [0.2, 0.25) is 11.8 Å². The van der Waals surface area contributed by atoms with E-state index in [1.807, 2.05) is 6.92 Å². The molecule has 150 valence electrons. The van der Waals surface area contributed by atoms with Crippen molar-refractivity contribution in [2.75, 3.05) is 28.8 Å². The van der Waals surface area contributed by atoms with Gasteiger partial charge in [0.15, 0.2) is 0 Å². The van der Waals surface area contributed by atoms with E-state index in [9.17, 15) is 14.4 Å². The summed E-state index contributed by atoms with van der Waals surface area (Å²) >= 11 is 0. The molecular formula is C22H23N3O4. The summed E-state index contributed by atoms with van der Waals surface area (Å²) in [5, 5.41) is 2.85. The van der Waals surface area contributed by atoms with Gasteiger partial charge in [-0.25, -0.2) is 0 Å². The molecule has 2 heterocycles. The van der Waals surface area contributed by atoms with Gasteiger partial charge in [-0.05, 0) is 43.2 Å². The molecule has 0 saturated carbocycles. The number of amides is 3. The summed E-state index contributed by atoms with van der Waals surface area (Å²) in [6.45, 7) is 2.55. The molecule has 0 aromatic heterocycles. The van der Waals surface area contributed by atoms with Crippen LogP contribution in [0.5, 0.6) is 5.75 Å². The van der Waals surface area contributed by atoms with Gasteiger partial charge in [-0.3, -0.25) is 19.3 Å². The lowest BCUT2D eigenvalue weighted by molar-refractivity contribution is -0.122. The lowest BCUT2D eigenvalue weighted by Crippen LogP contribution is -2.52. The Balaban J connectivity index is 1.68. The van der Waals surface area contributed by atoms with Crippen molar-refractivity contribution in [3.63, 3.8) is 0 Å². The van der Waals surface area contributed by atoms with Crippen molar-refractivity contribution in [1.82, 2.24) is 0 Å². The van der Waals surface area contributed by atoms with Crippen LogP contribution in [0, 0.1) is 0 Å². The van der Waals surface area contributed by atoms with Gasteiger partial charge in [0.05, 0.1) is 18.5 Å². The number of carbonyl (C=O) groups excluding carboxylic acids is 3. The van der Waals surface area contributed by atoms with Crippen LogP contribution in [0.2, 0.25) is 0 Å². The third-order valence-corrected chi connectivity index (χ3v) is 5.33. The van der Waals surface area contributed by atoms with Crippen LogP contribution in [-0.4, -0.2) is 37.4 Å². The van der Waals surface area contributed by atoms with Gasteiger partial charge < -0.3 is 15.0 Å². The predicted molar refractivity (Wildman–Crippen MR) is 111 cm³/mol. The van der Waals surface area contributed by atoms with Crippen molar-refractivity contribution >= 4 is 34.8 Å². The standard InChI is InChI=1S/C22H23N3O4/c1-3-11-24-19-12-14(21(27)23-15-5-4-6-16(13-15)29-2)7-8-17(19)25-18(22(24)28)9-10-20(25)26/h4-8,12-13,18H,3,9-11H2,1-2H3,(H,23,27)/t18-/m1/s1. The van der Waals surface area contributed by atoms with Gasteiger partial charge in [-0.2, -0.15) is 0 Å². The maximum atomic E-state index is 13.0. The predicted octanol–water partition coefficient (Wildman–Crippen LogP) is 3.20. The van der Waals surface area contributed by atoms with Crippen LogP contribution >= 0.6 is 0 Å². The molecule has 1 saturated heterocycles. The maximum absolute atomic E-state index is 13.0. The van der Waals surface area contributed by atoms with Crippen molar-refractivity contribution in [1.29, 1.82) is 0 Å². The van der Waals surface area contributed by atoms with Gasteiger partial charge >= 0.3 is 0 Å². The monoisotopic (exact) mass is 393 g/mol. The fourth-order valence-electron chi connectivity index (χ4n) is 3.96. The van der Waals surface area contributed by atoms with E-state index in [0.29, 0.717) is 47.8 Å². The molecule has 29 heavy (non-hydrogen) atoms. The first-order valence-corrected chi connectivity index (χ1v) is 9.76. The number of hydrogen-bond donors (Lipinski definition) is 1. The van der Waals surface area contributed by atoms with E-state index in [4.69, 9.17) is 4.74 Å². The molecule has 0 radical (unpaired) electrons. The molecule has 1 fully saturated rings. The largest absolute Gasteiger partial charge is 0.497 e. The molecule has 2 aromatic rings. The first-order valence-electron chi connectivity index (χ1n) is 9.76. The third-order valence-electron chi connectivity index (χ3n) is 5.33. The topological polar surface area (TPSA) is 79.0 Å². The van der Waals surface area contributed by atoms with E-state index in [0.717, 1.165) is 6.42 Å². The van der Waals surface area contributed by atoms with E-state index in [1.165, 1.54) is 0 Å². The van der Waals surface area contributed by atoms with Crippen LogP contribution in [0.1, 0.15) is 36.5 Å². The van der Waals surface area contributed by atoms with Crippen LogP contribution in [0.25, 0.3) is 0 Å². The second-order valence-electron chi connectivity index (χ2n) is 7.20. The maximum Gasteiger partial charge on any atom is 0.255 e. The van der Waals surface area contributed by atoms with Crippen LogP contribution in [0.15, 0.2) is 42.5 Å².